The van der Waals surface area contributed by atoms with E-state index in [2.05, 4.69) is 58.3 Å². The summed E-state index contributed by atoms with van der Waals surface area (Å²) in [7, 11) is 0. The number of amides is 1. The molecule has 0 saturated carbocycles. The molecule has 1 aromatic heterocycles. The number of likely N-dealkylation sites (tertiary alicyclic amines) is 2. The molecule has 3 heterocycles. The second-order valence-electron chi connectivity index (χ2n) is 12.7. The van der Waals surface area contributed by atoms with E-state index in [-0.39, 0.29) is 0 Å². The van der Waals surface area contributed by atoms with Crippen molar-refractivity contribution < 1.29 is 53.9 Å². The monoisotopic (exact) mass is 763 g/mol. The van der Waals surface area contributed by atoms with Crippen LogP contribution in [0, 0.1) is 0 Å². The lowest BCUT2D eigenvalue weighted by Gasteiger charge is -2.26. The number of carboxylic acids is 4. The maximum absolute atomic E-state index is 11.9. The van der Waals surface area contributed by atoms with Crippen molar-refractivity contribution in [3.05, 3.63) is 83.4 Å². The molecule has 6 N–H and O–H groups in total. The molecule has 15 heteroatoms. The van der Waals surface area contributed by atoms with Gasteiger partial charge in [-0.15, -0.1) is 11.3 Å². The van der Waals surface area contributed by atoms with Crippen molar-refractivity contribution >= 4 is 51.2 Å². The molecule has 4 aromatic rings. The van der Waals surface area contributed by atoms with E-state index < -0.39 is 29.8 Å². The highest BCUT2D eigenvalue weighted by Gasteiger charge is 2.17. The number of carbonyl (C=O) groups is 5. The van der Waals surface area contributed by atoms with Gasteiger partial charge in [-0.25, -0.2) is 19.2 Å². The summed E-state index contributed by atoms with van der Waals surface area (Å²) < 4.78 is 13.2. The van der Waals surface area contributed by atoms with Crippen LogP contribution < -0.4 is 15.2 Å². The van der Waals surface area contributed by atoms with Crippen LogP contribution >= 0.6 is 11.3 Å². The van der Waals surface area contributed by atoms with Crippen LogP contribution in [0.4, 0.5) is 0 Å². The number of hydrogen-bond acceptors (Lipinski definition) is 10. The Kier molecular flexibility index (Phi) is 15.8. The highest BCUT2D eigenvalue weighted by atomic mass is 32.1. The van der Waals surface area contributed by atoms with E-state index >= 15 is 0 Å². The fraction of sp³-hybridized carbons (Fsp3) is 0.359. The standard InChI is InChI=1S/C35H41N3O3S.2C2H2O4/c36-35(39)28-10-15-31-32(24-26-6-11-29(12-7-26)40-22-20-37-16-2-1-3-17-37)34(42-33(31)25-28)27-8-13-30(14-9-27)41-23-21-38-18-4-5-19-38;2*3-1(4)2(5)6/h6-15,25H,1-5,16-24H2,(H2,36,39);2*(H,3,4)(H,5,6). The van der Waals surface area contributed by atoms with Crippen LogP contribution in [0.1, 0.15) is 53.6 Å². The molecule has 3 aromatic carbocycles. The summed E-state index contributed by atoms with van der Waals surface area (Å²) in [6.45, 7) is 8.14. The first-order valence-electron chi connectivity index (χ1n) is 17.6. The summed E-state index contributed by atoms with van der Waals surface area (Å²) in [6, 6.07) is 22.7. The van der Waals surface area contributed by atoms with Crippen molar-refractivity contribution in [1.82, 2.24) is 9.80 Å². The molecule has 2 aliphatic rings. The fourth-order valence-corrected chi connectivity index (χ4v) is 7.36. The zero-order valence-electron chi connectivity index (χ0n) is 29.8. The number of primary amides is 1. The Labute approximate surface area is 316 Å². The predicted octanol–water partition coefficient (Wildman–Crippen LogP) is 4.91. The van der Waals surface area contributed by atoms with Crippen LogP contribution in [-0.2, 0) is 25.6 Å². The zero-order valence-corrected chi connectivity index (χ0v) is 30.6. The summed E-state index contributed by atoms with van der Waals surface area (Å²) in [5, 5.41) is 30.7. The molecule has 0 atom stereocenters. The molecule has 2 fully saturated rings. The van der Waals surface area contributed by atoms with Gasteiger partial charge >= 0.3 is 23.9 Å². The maximum Gasteiger partial charge on any atom is 0.414 e. The molecule has 1 amide bonds. The topological polar surface area (TPSA) is 217 Å². The molecule has 2 saturated heterocycles. The molecule has 0 spiro atoms. The van der Waals surface area contributed by atoms with Crippen LogP contribution in [0.3, 0.4) is 0 Å². The van der Waals surface area contributed by atoms with Crippen molar-refractivity contribution in [1.29, 1.82) is 0 Å². The number of piperidine rings is 1. The molecular formula is C39H45N3O11S. The number of carboxylic acid groups (broad SMARTS) is 4. The number of thiophene rings is 1. The number of ether oxygens (including phenoxy) is 2. The summed E-state index contributed by atoms with van der Waals surface area (Å²) in [5.41, 5.74) is 9.77. The molecule has 0 unspecified atom stereocenters. The van der Waals surface area contributed by atoms with Crippen molar-refractivity contribution in [3.63, 3.8) is 0 Å². The van der Waals surface area contributed by atoms with E-state index in [1.165, 1.54) is 74.3 Å². The van der Waals surface area contributed by atoms with Crippen LogP contribution in [0.25, 0.3) is 20.5 Å². The van der Waals surface area contributed by atoms with Gasteiger partial charge in [-0.1, -0.05) is 24.6 Å². The smallest absolute Gasteiger partial charge is 0.414 e. The van der Waals surface area contributed by atoms with Crippen LogP contribution in [0.5, 0.6) is 11.5 Å². The lowest BCUT2D eigenvalue weighted by Crippen LogP contribution is -2.33. The van der Waals surface area contributed by atoms with E-state index in [0.717, 1.165) is 53.3 Å². The Balaban J connectivity index is 0.000000470. The minimum absolute atomic E-state index is 0.403. The average Bonchev–Trinajstić information content (AvgIpc) is 3.81. The largest absolute Gasteiger partial charge is 0.492 e. The molecule has 0 radical (unpaired) electrons. The second-order valence-corrected chi connectivity index (χ2v) is 13.8. The summed E-state index contributed by atoms with van der Waals surface area (Å²) >= 11 is 1.71. The van der Waals surface area contributed by atoms with E-state index in [1.807, 2.05) is 18.2 Å². The highest BCUT2D eigenvalue weighted by molar-refractivity contribution is 7.22. The number of rotatable bonds is 12. The van der Waals surface area contributed by atoms with Crippen molar-refractivity contribution in [3.8, 4) is 21.9 Å². The Morgan fingerprint density at radius 2 is 1.09 bits per heavy atom. The minimum Gasteiger partial charge on any atom is -0.492 e. The van der Waals surface area contributed by atoms with Gasteiger partial charge in [-0.2, -0.15) is 0 Å². The Morgan fingerprint density at radius 1 is 0.630 bits per heavy atom. The van der Waals surface area contributed by atoms with Crippen LogP contribution in [0.15, 0.2) is 66.7 Å². The minimum atomic E-state index is -1.82. The van der Waals surface area contributed by atoms with Crippen LogP contribution in [-0.4, -0.2) is 112 Å². The highest BCUT2D eigenvalue weighted by Crippen LogP contribution is 2.41. The van der Waals surface area contributed by atoms with Gasteiger partial charge in [0.2, 0.25) is 5.91 Å². The molecule has 0 aliphatic carbocycles. The van der Waals surface area contributed by atoms with E-state index in [4.69, 9.17) is 54.8 Å². The molecule has 14 nitrogen and oxygen atoms in total. The van der Waals surface area contributed by atoms with Crippen molar-refractivity contribution in [2.24, 2.45) is 5.73 Å². The first kappa shape index (κ1) is 41.2. The SMILES string of the molecule is NC(=O)c1ccc2c(Cc3ccc(OCCN4CCCCC4)cc3)c(-c3ccc(OCCN4CCCC4)cc3)sc2c1.O=C(O)C(=O)O.O=C(O)C(=O)O. The Hall–Kier alpha value is -5.51. The molecule has 6 rings (SSSR count). The van der Waals surface area contributed by atoms with E-state index in [0.29, 0.717) is 12.2 Å². The van der Waals surface area contributed by atoms with Gasteiger partial charge in [-0.05, 0) is 129 Å². The van der Waals surface area contributed by atoms with Gasteiger partial charge in [0.15, 0.2) is 0 Å². The molecule has 288 valence electrons. The van der Waals surface area contributed by atoms with Gasteiger partial charge in [0.05, 0.1) is 0 Å². The predicted molar refractivity (Wildman–Crippen MR) is 203 cm³/mol. The average molecular weight is 764 g/mol. The van der Waals surface area contributed by atoms with E-state index in [9.17, 15) is 4.79 Å². The van der Waals surface area contributed by atoms with Gasteiger partial charge in [0.25, 0.3) is 0 Å². The third-order valence-electron chi connectivity index (χ3n) is 8.86. The zero-order chi connectivity index (χ0) is 39.0. The summed E-state index contributed by atoms with van der Waals surface area (Å²) in [4.78, 5) is 54.5. The Morgan fingerprint density at radius 3 is 1.56 bits per heavy atom. The summed E-state index contributed by atoms with van der Waals surface area (Å²) in [5.74, 6) is -5.89. The van der Waals surface area contributed by atoms with Crippen molar-refractivity contribution in [2.45, 2.75) is 38.5 Å². The Bertz CT molecular complexity index is 1830. The number of aliphatic carboxylic acids is 4. The van der Waals surface area contributed by atoms with Crippen molar-refractivity contribution in [2.75, 3.05) is 52.5 Å². The third kappa shape index (κ3) is 12.9. The van der Waals surface area contributed by atoms with E-state index in [1.54, 1.807) is 11.3 Å². The van der Waals surface area contributed by atoms with Crippen LogP contribution in [0.2, 0.25) is 0 Å². The number of nitrogens with zero attached hydrogens (tertiary/aromatic N) is 2. The number of fused-ring (bicyclic) bond motifs is 1. The number of carbonyl (C=O) groups excluding carboxylic acids is 1. The maximum atomic E-state index is 11.9. The normalized spacial score (nSPS) is 14.2. The number of hydrogen-bond donors (Lipinski definition) is 5. The first-order chi connectivity index (χ1) is 25.9. The second kappa shape index (κ2) is 20.7. The quantitative estimate of drug-likeness (QED) is 0.121. The molecule has 54 heavy (non-hydrogen) atoms. The molecule has 0 bridgehead atoms. The molecule has 2 aliphatic heterocycles. The van der Waals surface area contributed by atoms with Gasteiger partial charge in [0, 0.05) is 28.2 Å². The lowest BCUT2D eigenvalue weighted by atomic mass is 9.98. The number of nitrogens with two attached hydrogens (primary N) is 1. The van der Waals surface area contributed by atoms with Gasteiger partial charge < -0.3 is 35.6 Å². The van der Waals surface area contributed by atoms with Gasteiger partial charge in [-0.3, -0.25) is 14.6 Å². The third-order valence-corrected chi connectivity index (χ3v) is 10.1. The lowest BCUT2D eigenvalue weighted by molar-refractivity contribution is -0.159. The summed E-state index contributed by atoms with van der Waals surface area (Å²) in [6.07, 6.45) is 7.33. The first-order valence-corrected chi connectivity index (χ1v) is 18.4. The molecular weight excluding hydrogens is 719 g/mol. The fourth-order valence-electron chi connectivity index (χ4n) is 6.10. The van der Waals surface area contributed by atoms with Gasteiger partial charge in [0.1, 0.15) is 24.7 Å². The number of benzene rings is 3.